The first-order chi connectivity index (χ1) is 15.7. The monoisotopic (exact) mass is 425 g/mol. The van der Waals surface area contributed by atoms with E-state index in [4.69, 9.17) is 4.98 Å². The van der Waals surface area contributed by atoms with Gasteiger partial charge >= 0.3 is 0 Å². The summed E-state index contributed by atoms with van der Waals surface area (Å²) in [5.74, 6) is 1.15. The van der Waals surface area contributed by atoms with Crippen molar-refractivity contribution in [1.82, 2.24) is 14.3 Å². The molecule has 1 amide bonds. The largest absolute Gasteiger partial charge is 0.368 e. The SMILES string of the molecule is CC(=O)N1CCN(c2ccc(-c3nc4ccccn4c3NCc3ccccc3)cc2)CC1. The molecule has 1 aliphatic rings. The number of nitrogens with one attached hydrogen (secondary N) is 1. The van der Waals surface area contributed by atoms with E-state index in [-0.39, 0.29) is 5.91 Å². The first-order valence-corrected chi connectivity index (χ1v) is 11.0. The second-order valence-corrected chi connectivity index (χ2v) is 8.12. The van der Waals surface area contributed by atoms with E-state index in [0.717, 1.165) is 55.4 Å². The van der Waals surface area contributed by atoms with Crippen LogP contribution < -0.4 is 10.2 Å². The van der Waals surface area contributed by atoms with Gasteiger partial charge in [-0.1, -0.05) is 48.5 Å². The number of benzene rings is 2. The van der Waals surface area contributed by atoms with Crippen LogP contribution >= 0.6 is 0 Å². The van der Waals surface area contributed by atoms with Gasteiger partial charge in [-0.15, -0.1) is 0 Å². The number of fused-ring (bicyclic) bond motifs is 1. The van der Waals surface area contributed by atoms with Crippen LogP contribution in [-0.4, -0.2) is 46.4 Å². The van der Waals surface area contributed by atoms with Crippen LogP contribution in [0.3, 0.4) is 0 Å². The summed E-state index contributed by atoms with van der Waals surface area (Å²) in [7, 11) is 0. The zero-order valence-electron chi connectivity index (χ0n) is 18.2. The van der Waals surface area contributed by atoms with E-state index in [0.29, 0.717) is 0 Å². The van der Waals surface area contributed by atoms with Gasteiger partial charge in [0.2, 0.25) is 5.91 Å². The highest BCUT2D eigenvalue weighted by atomic mass is 16.2. The van der Waals surface area contributed by atoms with Gasteiger partial charge in [0.25, 0.3) is 0 Å². The highest BCUT2D eigenvalue weighted by Crippen LogP contribution is 2.31. The molecule has 6 heteroatoms. The topological polar surface area (TPSA) is 52.9 Å². The maximum absolute atomic E-state index is 11.6. The van der Waals surface area contributed by atoms with Crippen LogP contribution in [0.25, 0.3) is 16.9 Å². The van der Waals surface area contributed by atoms with Crippen LogP contribution in [0.2, 0.25) is 0 Å². The highest BCUT2D eigenvalue weighted by Gasteiger charge is 2.19. The number of piperazine rings is 1. The molecule has 1 fully saturated rings. The number of hydrogen-bond acceptors (Lipinski definition) is 4. The summed E-state index contributed by atoms with van der Waals surface area (Å²) in [6.45, 7) is 5.64. The molecule has 1 N–H and O–H groups in total. The fourth-order valence-electron chi connectivity index (χ4n) is 4.26. The van der Waals surface area contributed by atoms with Crippen LogP contribution in [-0.2, 0) is 11.3 Å². The minimum Gasteiger partial charge on any atom is -0.368 e. The van der Waals surface area contributed by atoms with Crippen molar-refractivity contribution in [2.24, 2.45) is 0 Å². The molecule has 3 heterocycles. The number of anilines is 2. The number of carbonyl (C=O) groups is 1. The second-order valence-electron chi connectivity index (χ2n) is 8.12. The Kier molecular flexibility index (Phi) is 5.50. The molecule has 0 aliphatic carbocycles. The van der Waals surface area contributed by atoms with Crippen molar-refractivity contribution in [3.63, 3.8) is 0 Å². The molecular formula is C26H27N5O. The van der Waals surface area contributed by atoms with E-state index in [2.05, 4.69) is 63.1 Å². The number of nitrogens with zero attached hydrogens (tertiary/aromatic N) is 4. The average Bonchev–Trinajstić information content (AvgIpc) is 3.22. The predicted octanol–water partition coefficient (Wildman–Crippen LogP) is 4.28. The standard InChI is InChI=1S/C26H27N5O/c1-20(32)29-15-17-30(18-16-29)23-12-10-22(11-13-23)25-26(27-19-21-7-3-2-4-8-21)31-14-6-5-9-24(31)28-25/h2-14,27H,15-19H2,1H3. The van der Waals surface area contributed by atoms with Crippen molar-refractivity contribution in [3.8, 4) is 11.3 Å². The van der Waals surface area contributed by atoms with E-state index in [1.54, 1.807) is 6.92 Å². The fraction of sp³-hybridized carbons (Fsp3) is 0.231. The third-order valence-corrected chi connectivity index (χ3v) is 6.06. The van der Waals surface area contributed by atoms with Gasteiger partial charge in [0.15, 0.2) is 0 Å². The second kappa shape index (κ2) is 8.75. The number of rotatable bonds is 5. The molecule has 5 rings (SSSR count). The Labute approximate surface area is 188 Å². The molecule has 0 bridgehead atoms. The number of hydrogen-bond donors (Lipinski definition) is 1. The van der Waals surface area contributed by atoms with Crippen molar-refractivity contribution >= 4 is 23.1 Å². The van der Waals surface area contributed by atoms with Crippen molar-refractivity contribution < 1.29 is 4.79 Å². The molecule has 162 valence electrons. The van der Waals surface area contributed by atoms with Gasteiger partial charge in [0.1, 0.15) is 17.2 Å². The average molecular weight is 426 g/mol. The number of amides is 1. The van der Waals surface area contributed by atoms with Crippen LogP contribution in [0.15, 0.2) is 79.0 Å². The third-order valence-electron chi connectivity index (χ3n) is 6.06. The van der Waals surface area contributed by atoms with Gasteiger partial charge in [-0.3, -0.25) is 9.20 Å². The van der Waals surface area contributed by atoms with Crippen LogP contribution in [0.1, 0.15) is 12.5 Å². The molecule has 0 radical (unpaired) electrons. The molecule has 2 aromatic heterocycles. The quantitative estimate of drug-likeness (QED) is 0.519. The Morgan fingerprint density at radius 1 is 0.906 bits per heavy atom. The maximum Gasteiger partial charge on any atom is 0.219 e. The summed E-state index contributed by atoms with van der Waals surface area (Å²) in [4.78, 5) is 20.7. The Hall–Kier alpha value is -3.80. The summed E-state index contributed by atoms with van der Waals surface area (Å²) in [5.41, 5.74) is 5.35. The fourth-order valence-corrected chi connectivity index (χ4v) is 4.26. The van der Waals surface area contributed by atoms with E-state index in [1.165, 1.54) is 11.3 Å². The maximum atomic E-state index is 11.6. The molecule has 6 nitrogen and oxygen atoms in total. The van der Waals surface area contributed by atoms with E-state index in [9.17, 15) is 4.79 Å². The van der Waals surface area contributed by atoms with Crippen LogP contribution in [0, 0.1) is 0 Å². The Morgan fingerprint density at radius 2 is 1.62 bits per heavy atom. The van der Waals surface area contributed by atoms with E-state index < -0.39 is 0 Å². The summed E-state index contributed by atoms with van der Waals surface area (Å²) in [6, 6.07) is 25.0. The number of aromatic nitrogens is 2. The summed E-state index contributed by atoms with van der Waals surface area (Å²) >= 11 is 0. The van der Waals surface area contributed by atoms with Crippen LogP contribution in [0.4, 0.5) is 11.5 Å². The summed E-state index contributed by atoms with van der Waals surface area (Å²) < 4.78 is 2.10. The van der Waals surface area contributed by atoms with E-state index in [1.807, 2.05) is 35.4 Å². The molecule has 0 atom stereocenters. The Balaban J connectivity index is 1.40. The third kappa shape index (κ3) is 4.04. The van der Waals surface area contributed by atoms with Gasteiger partial charge in [0.05, 0.1) is 0 Å². The first-order valence-electron chi connectivity index (χ1n) is 11.0. The van der Waals surface area contributed by atoms with E-state index >= 15 is 0 Å². The minimum atomic E-state index is 0.155. The summed E-state index contributed by atoms with van der Waals surface area (Å²) in [5, 5.41) is 3.60. The number of imidazole rings is 1. The molecule has 1 saturated heterocycles. The first kappa shape index (κ1) is 20.1. The van der Waals surface area contributed by atoms with Gasteiger partial charge in [-0.2, -0.15) is 0 Å². The van der Waals surface area contributed by atoms with Gasteiger partial charge < -0.3 is 15.1 Å². The lowest BCUT2D eigenvalue weighted by Crippen LogP contribution is -2.48. The van der Waals surface area contributed by atoms with Gasteiger partial charge in [0, 0.05) is 57.1 Å². The minimum absolute atomic E-state index is 0.155. The van der Waals surface area contributed by atoms with Crippen molar-refractivity contribution in [1.29, 1.82) is 0 Å². The van der Waals surface area contributed by atoms with Gasteiger partial charge in [-0.05, 0) is 29.8 Å². The lowest BCUT2D eigenvalue weighted by molar-refractivity contribution is -0.129. The zero-order chi connectivity index (χ0) is 21.9. The van der Waals surface area contributed by atoms with Crippen molar-refractivity contribution in [3.05, 3.63) is 84.6 Å². The smallest absolute Gasteiger partial charge is 0.219 e. The predicted molar refractivity (Wildman–Crippen MR) is 129 cm³/mol. The molecule has 32 heavy (non-hydrogen) atoms. The summed E-state index contributed by atoms with van der Waals surface area (Å²) in [6.07, 6.45) is 2.04. The normalized spacial score (nSPS) is 14.0. The van der Waals surface area contributed by atoms with Crippen molar-refractivity contribution in [2.75, 3.05) is 36.4 Å². The lowest BCUT2D eigenvalue weighted by Gasteiger charge is -2.35. The molecule has 1 aliphatic heterocycles. The number of pyridine rings is 1. The lowest BCUT2D eigenvalue weighted by atomic mass is 10.1. The van der Waals surface area contributed by atoms with Gasteiger partial charge in [-0.25, -0.2) is 4.98 Å². The zero-order valence-corrected chi connectivity index (χ0v) is 18.2. The Morgan fingerprint density at radius 3 is 2.34 bits per heavy atom. The molecule has 0 unspecified atom stereocenters. The highest BCUT2D eigenvalue weighted by molar-refractivity contribution is 5.77. The Bertz CT molecular complexity index is 1210. The molecule has 0 saturated carbocycles. The molecule has 4 aromatic rings. The molecule has 2 aromatic carbocycles. The molecular weight excluding hydrogens is 398 g/mol. The van der Waals surface area contributed by atoms with Crippen LogP contribution in [0.5, 0.6) is 0 Å². The molecule has 0 spiro atoms. The number of carbonyl (C=O) groups excluding carboxylic acids is 1. The van der Waals surface area contributed by atoms with Crippen molar-refractivity contribution in [2.45, 2.75) is 13.5 Å².